The Morgan fingerprint density at radius 2 is 1.81 bits per heavy atom. The summed E-state index contributed by atoms with van der Waals surface area (Å²) in [7, 11) is 0. The van der Waals surface area contributed by atoms with E-state index in [9.17, 15) is 0 Å². The minimum atomic E-state index is 0.967. The highest BCUT2D eigenvalue weighted by atomic mass is 16.5. The summed E-state index contributed by atoms with van der Waals surface area (Å²) in [6.45, 7) is 1.06. The molecule has 2 aromatic rings. The molecule has 0 amide bonds. The van der Waals surface area contributed by atoms with Gasteiger partial charge in [0.05, 0.1) is 11.4 Å². The van der Waals surface area contributed by atoms with Gasteiger partial charge < -0.3 is 9.64 Å². The number of para-hydroxylation sites is 3. The normalized spacial score (nSPS) is 15.4. The van der Waals surface area contributed by atoms with Crippen LogP contribution in [-0.4, -0.2) is 6.54 Å². The lowest BCUT2D eigenvalue weighted by Gasteiger charge is -2.29. The van der Waals surface area contributed by atoms with Crippen molar-refractivity contribution in [1.82, 2.24) is 0 Å². The molecule has 2 aliphatic heterocycles. The number of nitrogens with zero attached hydrogens (tertiary/aromatic N) is 1. The molecule has 0 unspecified atom stereocenters. The second-order valence-electron chi connectivity index (χ2n) is 4.24. The molecule has 16 heavy (non-hydrogen) atoms. The summed E-state index contributed by atoms with van der Waals surface area (Å²) in [5.41, 5.74) is 3.85. The van der Waals surface area contributed by atoms with E-state index in [-0.39, 0.29) is 0 Å². The summed E-state index contributed by atoms with van der Waals surface area (Å²) in [5, 5.41) is 0. The van der Waals surface area contributed by atoms with Gasteiger partial charge >= 0.3 is 0 Å². The Kier molecular flexibility index (Phi) is 1.43. The van der Waals surface area contributed by atoms with Gasteiger partial charge in [0, 0.05) is 6.54 Å². The maximum Gasteiger partial charge on any atom is 0.151 e. The Balaban J connectivity index is 2.01. The number of hydrogen-bond donors (Lipinski definition) is 0. The highest BCUT2D eigenvalue weighted by molar-refractivity contribution is 5.82. The van der Waals surface area contributed by atoms with Gasteiger partial charge in [0.25, 0.3) is 0 Å². The molecule has 0 fully saturated rings. The van der Waals surface area contributed by atoms with Crippen LogP contribution in [0.5, 0.6) is 11.5 Å². The largest absolute Gasteiger partial charge is 0.453 e. The van der Waals surface area contributed by atoms with Crippen molar-refractivity contribution < 1.29 is 4.74 Å². The van der Waals surface area contributed by atoms with Crippen LogP contribution in [0.3, 0.4) is 0 Å². The van der Waals surface area contributed by atoms with Gasteiger partial charge in [-0.2, -0.15) is 0 Å². The van der Waals surface area contributed by atoms with Crippen LogP contribution in [-0.2, 0) is 6.42 Å². The van der Waals surface area contributed by atoms with Crippen molar-refractivity contribution in [3.63, 3.8) is 0 Å². The van der Waals surface area contributed by atoms with Crippen LogP contribution in [0.15, 0.2) is 42.5 Å². The minimum Gasteiger partial charge on any atom is -0.453 e. The number of anilines is 2. The van der Waals surface area contributed by atoms with Crippen LogP contribution in [0.2, 0.25) is 0 Å². The fourth-order valence-corrected chi connectivity index (χ4v) is 2.63. The van der Waals surface area contributed by atoms with Crippen molar-refractivity contribution in [3.8, 4) is 11.5 Å². The molecule has 0 saturated carbocycles. The first-order valence-electron chi connectivity index (χ1n) is 5.60. The summed E-state index contributed by atoms with van der Waals surface area (Å²) in [4.78, 5) is 2.36. The first-order chi connectivity index (χ1) is 7.93. The molecule has 0 aromatic heterocycles. The van der Waals surface area contributed by atoms with Crippen LogP contribution < -0.4 is 9.64 Å². The van der Waals surface area contributed by atoms with Gasteiger partial charge in [0.2, 0.25) is 0 Å². The Labute approximate surface area is 94.1 Å². The molecule has 2 heterocycles. The van der Waals surface area contributed by atoms with Crippen molar-refractivity contribution in [2.45, 2.75) is 6.42 Å². The number of rotatable bonds is 0. The van der Waals surface area contributed by atoms with Gasteiger partial charge in [0.1, 0.15) is 0 Å². The van der Waals surface area contributed by atoms with Gasteiger partial charge in [0.15, 0.2) is 11.5 Å². The zero-order chi connectivity index (χ0) is 10.5. The fourth-order valence-electron chi connectivity index (χ4n) is 2.63. The second kappa shape index (κ2) is 2.79. The number of fused-ring (bicyclic) bond motifs is 2. The third-order valence-corrected chi connectivity index (χ3v) is 3.33. The molecule has 0 atom stereocenters. The fraction of sp³-hybridized carbons (Fsp3) is 0.143. The lowest BCUT2D eigenvalue weighted by Crippen LogP contribution is -2.17. The lowest BCUT2D eigenvalue weighted by atomic mass is 10.1. The first kappa shape index (κ1) is 8.22. The predicted molar refractivity (Wildman–Crippen MR) is 63.7 cm³/mol. The van der Waals surface area contributed by atoms with Crippen molar-refractivity contribution in [2.75, 3.05) is 11.4 Å². The summed E-state index contributed by atoms with van der Waals surface area (Å²) >= 11 is 0. The maximum atomic E-state index is 5.93. The van der Waals surface area contributed by atoms with Gasteiger partial charge in [-0.1, -0.05) is 24.3 Å². The topological polar surface area (TPSA) is 12.5 Å². The van der Waals surface area contributed by atoms with E-state index in [2.05, 4.69) is 29.2 Å². The number of hydrogen-bond acceptors (Lipinski definition) is 2. The molecule has 0 spiro atoms. The Morgan fingerprint density at radius 3 is 2.81 bits per heavy atom. The van der Waals surface area contributed by atoms with Crippen LogP contribution >= 0.6 is 0 Å². The maximum absolute atomic E-state index is 5.93. The van der Waals surface area contributed by atoms with Gasteiger partial charge in [-0.3, -0.25) is 0 Å². The highest BCUT2D eigenvalue weighted by Gasteiger charge is 2.30. The third-order valence-electron chi connectivity index (χ3n) is 3.33. The number of ether oxygens (including phenoxy) is 1. The molecule has 0 bridgehead atoms. The molecule has 2 aromatic carbocycles. The van der Waals surface area contributed by atoms with Crippen LogP contribution in [0, 0.1) is 0 Å². The van der Waals surface area contributed by atoms with E-state index in [0.717, 1.165) is 24.5 Å². The van der Waals surface area contributed by atoms with Crippen molar-refractivity contribution in [3.05, 3.63) is 48.0 Å². The van der Waals surface area contributed by atoms with Gasteiger partial charge in [-0.25, -0.2) is 0 Å². The minimum absolute atomic E-state index is 0.967. The van der Waals surface area contributed by atoms with Crippen molar-refractivity contribution in [1.29, 1.82) is 0 Å². The third kappa shape index (κ3) is 0.915. The van der Waals surface area contributed by atoms with Crippen LogP contribution in [0.1, 0.15) is 5.56 Å². The molecule has 0 N–H and O–H groups in total. The molecule has 0 saturated heterocycles. The van der Waals surface area contributed by atoms with E-state index in [1.807, 2.05) is 18.2 Å². The summed E-state index contributed by atoms with van der Waals surface area (Å²) in [5.74, 6) is 1.96. The quantitative estimate of drug-likeness (QED) is 0.658. The van der Waals surface area contributed by atoms with E-state index in [4.69, 9.17) is 4.74 Å². The van der Waals surface area contributed by atoms with Crippen molar-refractivity contribution in [2.24, 2.45) is 0 Å². The first-order valence-corrected chi connectivity index (χ1v) is 5.60. The summed E-state index contributed by atoms with van der Waals surface area (Å²) < 4.78 is 5.93. The average molecular weight is 209 g/mol. The predicted octanol–water partition coefficient (Wildman–Crippen LogP) is 3.49. The van der Waals surface area contributed by atoms with Crippen LogP contribution in [0.4, 0.5) is 11.4 Å². The standard InChI is InChI=1S/C14H11NO/c1-2-6-12-11(5-1)15-9-8-10-4-3-7-13(16-12)14(10)15/h1-7H,8-9H2. The molecule has 2 heteroatoms. The van der Waals surface area contributed by atoms with Crippen LogP contribution in [0.25, 0.3) is 0 Å². The molecular formula is C14H11NO. The molecule has 2 nitrogen and oxygen atoms in total. The zero-order valence-corrected chi connectivity index (χ0v) is 8.81. The van der Waals surface area contributed by atoms with Gasteiger partial charge in [-0.05, 0) is 30.2 Å². The lowest BCUT2D eigenvalue weighted by molar-refractivity contribution is 0.475. The van der Waals surface area contributed by atoms with E-state index in [1.165, 1.54) is 16.9 Å². The second-order valence-corrected chi connectivity index (χ2v) is 4.24. The van der Waals surface area contributed by atoms with E-state index >= 15 is 0 Å². The molecule has 78 valence electrons. The highest BCUT2D eigenvalue weighted by Crippen LogP contribution is 2.50. The monoisotopic (exact) mass is 209 g/mol. The zero-order valence-electron chi connectivity index (χ0n) is 8.81. The molecule has 2 aliphatic rings. The molecule has 4 rings (SSSR count). The van der Waals surface area contributed by atoms with E-state index in [1.54, 1.807) is 0 Å². The number of benzene rings is 2. The molecule has 0 aliphatic carbocycles. The summed E-state index contributed by atoms with van der Waals surface area (Å²) in [6.07, 6.45) is 1.11. The molecule has 0 radical (unpaired) electrons. The smallest absolute Gasteiger partial charge is 0.151 e. The Hall–Kier alpha value is -1.96. The van der Waals surface area contributed by atoms with Gasteiger partial charge in [-0.15, -0.1) is 0 Å². The van der Waals surface area contributed by atoms with Crippen molar-refractivity contribution >= 4 is 11.4 Å². The SMILES string of the molecule is c1ccc2c(c1)Oc1cccc3c1N2CC3. The van der Waals surface area contributed by atoms with E-state index in [0.29, 0.717) is 0 Å². The Morgan fingerprint density at radius 1 is 0.938 bits per heavy atom. The summed E-state index contributed by atoms with van der Waals surface area (Å²) in [6, 6.07) is 14.6. The van der Waals surface area contributed by atoms with E-state index < -0.39 is 0 Å². The molecular weight excluding hydrogens is 198 g/mol. The average Bonchev–Trinajstić information content (AvgIpc) is 2.76. The Bertz CT molecular complexity index is 577.